The molecule has 146 valence electrons. The van der Waals surface area contributed by atoms with E-state index in [0.717, 1.165) is 12.8 Å². The summed E-state index contributed by atoms with van der Waals surface area (Å²) in [6.45, 7) is 9.81. The van der Waals surface area contributed by atoms with E-state index in [9.17, 15) is 14.4 Å². The van der Waals surface area contributed by atoms with Crippen LogP contribution < -0.4 is 0 Å². The second-order valence-electron chi connectivity index (χ2n) is 7.05. The average molecular weight is 358 g/mol. The Balaban J connectivity index is 4.41. The molecule has 0 aromatic heterocycles. The topological polar surface area (TPSA) is 78.9 Å². The Hall–Kier alpha value is -1.59. The maximum absolute atomic E-state index is 12.1. The van der Waals surface area contributed by atoms with Crippen molar-refractivity contribution in [2.75, 3.05) is 13.2 Å². The number of hydrogen-bond acceptors (Lipinski definition) is 6. The van der Waals surface area contributed by atoms with Gasteiger partial charge in [-0.2, -0.15) is 0 Å². The van der Waals surface area contributed by atoms with Crippen LogP contribution in [0.1, 0.15) is 79.6 Å². The maximum Gasteiger partial charge on any atom is 0.306 e. The molecule has 0 aromatic carbocycles. The summed E-state index contributed by atoms with van der Waals surface area (Å²) in [5, 5.41) is 0. The highest BCUT2D eigenvalue weighted by atomic mass is 16.6. The Kier molecular flexibility index (Phi) is 11.9. The summed E-state index contributed by atoms with van der Waals surface area (Å²) in [7, 11) is 0. The Bertz CT molecular complexity index is 387. The first-order chi connectivity index (χ1) is 11.7. The molecule has 0 spiro atoms. The van der Waals surface area contributed by atoms with Gasteiger partial charge in [-0.1, -0.05) is 0 Å². The largest absolute Gasteiger partial charge is 0.466 e. The van der Waals surface area contributed by atoms with Gasteiger partial charge in [-0.25, -0.2) is 0 Å². The lowest BCUT2D eigenvalue weighted by Gasteiger charge is -2.22. The van der Waals surface area contributed by atoms with E-state index in [4.69, 9.17) is 14.2 Å². The highest BCUT2D eigenvalue weighted by Gasteiger charge is 2.21. The van der Waals surface area contributed by atoms with Crippen molar-refractivity contribution in [2.24, 2.45) is 5.92 Å². The summed E-state index contributed by atoms with van der Waals surface area (Å²) < 4.78 is 15.2. The predicted octanol–water partition coefficient (Wildman–Crippen LogP) is 3.80. The molecule has 0 aromatic rings. The second-order valence-corrected chi connectivity index (χ2v) is 7.05. The smallest absolute Gasteiger partial charge is 0.306 e. The van der Waals surface area contributed by atoms with Gasteiger partial charge in [-0.15, -0.1) is 0 Å². The minimum Gasteiger partial charge on any atom is -0.466 e. The third kappa shape index (κ3) is 14.5. The van der Waals surface area contributed by atoms with Gasteiger partial charge in [0.25, 0.3) is 0 Å². The summed E-state index contributed by atoms with van der Waals surface area (Å²) in [5.41, 5.74) is -0.516. The zero-order valence-corrected chi connectivity index (χ0v) is 16.4. The predicted molar refractivity (Wildman–Crippen MR) is 94.9 cm³/mol. The van der Waals surface area contributed by atoms with Crippen molar-refractivity contribution < 1.29 is 28.6 Å². The molecule has 0 saturated carbocycles. The number of carbonyl (C=O) groups excluding carboxylic acids is 3. The summed E-state index contributed by atoms with van der Waals surface area (Å²) in [5.74, 6) is -0.599. The first-order valence-corrected chi connectivity index (χ1v) is 9.21. The van der Waals surface area contributed by atoms with Crippen molar-refractivity contribution >= 4 is 17.9 Å². The Morgan fingerprint density at radius 3 is 1.60 bits per heavy atom. The Labute approximate surface area is 151 Å². The number of ether oxygens (including phenoxy) is 3. The average Bonchev–Trinajstić information content (AvgIpc) is 2.45. The lowest BCUT2D eigenvalue weighted by Crippen LogP contribution is -2.25. The van der Waals surface area contributed by atoms with E-state index in [1.165, 1.54) is 0 Å². The van der Waals surface area contributed by atoms with Crippen LogP contribution in [0.5, 0.6) is 0 Å². The molecule has 6 heteroatoms. The van der Waals surface area contributed by atoms with Gasteiger partial charge in [0.1, 0.15) is 5.60 Å². The SMILES string of the molecule is CCOC(=O)CCCC(CCCC(=O)OCC)CC(=O)OC(C)(C)C. The fourth-order valence-electron chi connectivity index (χ4n) is 2.50. The molecular weight excluding hydrogens is 324 g/mol. The third-order valence-corrected chi connectivity index (χ3v) is 3.47. The first-order valence-electron chi connectivity index (χ1n) is 9.21. The van der Waals surface area contributed by atoms with E-state index in [1.54, 1.807) is 13.8 Å². The summed E-state index contributed by atoms with van der Waals surface area (Å²) >= 11 is 0. The van der Waals surface area contributed by atoms with Gasteiger partial charge in [0.2, 0.25) is 0 Å². The molecule has 0 aliphatic heterocycles. The van der Waals surface area contributed by atoms with Crippen molar-refractivity contribution in [3.63, 3.8) is 0 Å². The van der Waals surface area contributed by atoms with Crippen LogP contribution >= 0.6 is 0 Å². The molecule has 0 unspecified atom stereocenters. The second kappa shape index (κ2) is 12.7. The van der Waals surface area contributed by atoms with Crippen molar-refractivity contribution in [1.82, 2.24) is 0 Å². The van der Waals surface area contributed by atoms with E-state index < -0.39 is 5.60 Å². The zero-order chi connectivity index (χ0) is 19.3. The molecule has 0 rings (SSSR count). The molecule has 0 aliphatic carbocycles. The highest BCUT2D eigenvalue weighted by Crippen LogP contribution is 2.22. The molecular formula is C19H34O6. The van der Waals surface area contributed by atoms with Crippen LogP contribution in [0.3, 0.4) is 0 Å². The molecule has 0 saturated heterocycles. The van der Waals surface area contributed by atoms with Crippen molar-refractivity contribution in [3.8, 4) is 0 Å². The molecule has 0 bridgehead atoms. The molecule has 0 radical (unpaired) electrons. The van der Waals surface area contributed by atoms with Gasteiger partial charge in [-0.3, -0.25) is 14.4 Å². The van der Waals surface area contributed by atoms with Crippen LogP contribution in [-0.2, 0) is 28.6 Å². The van der Waals surface area contributed by atoms with Crippen LogP contribution in [-0.4, -0.2) is 36.7 Å². The lowest BCUT2D eigenvalue weighted by atomic mass is 9.92. The summed E-state index contributed by atoms with van der Waals surface area (Å²) in [6, 6.07) is 0. The van der Waals surface area contributed by atoms with Crippen LogP contribution in [0.25, 0.3) is 0 Å². The van der Waals surface area contributed by atoms with E-state index in [0.29, 0.717) is 45.3 Å². The Morgan fingerprint density at radius 2 is 1.24 bits per heavy atom. The molecule has 0 fully saturated rings. The minimum atomic E-state index is -0.516. The van der Waals surface area contributed by atoms with Crippen molar-refractivity contribution in [3.05, 3.63) is 0 Å². The van der Waals surface area contributed by atoms with Crippen molar-refractivity contribution in [1.29, 1.82) is 0 Å². The molecule has 0 aliphatic rings. The van der Waals surface area contributed by atoms with Gasteiger partial charge < -0.3 is 14.2 Å². The van der Waals surface area contributed by atoms with Gasteiger partial charge in [0.05, 0.1) is 13.2 Å². The fraction of sp³-hybridized carbons (Fsp3) is 0.842. The summed E-state index contributed by atoms with van der Waals surface area (Å²) in [6.07, 6.45) is 3.75. The number of carbonyl (C=O) groups is 3. The standard InChI is InChI=1S/C19H34O6/c1-6-23-16(20)12-8-10-15(11-9-13-17(21)24-7-2)14-18(22)25-19(3,4)5/h15H,6-14H2,1-5H3. The molecule has 6 nitrogen and oxygen atoms in total. The van der Waals surface area contributed by atoms with Gasteiger partial charge in [0.15, 0.2) is 0 Å². The van der Waals surface area contributed by atoms with E-state index in [1.807, 2.05) is 20.8 Å². The molecule has 0 atom stereocenters. The Morgan fingerprint density at radius 1 is 0.800 bits per heavy atom. The third-order valence-electron chi connectivity index (χ3n) is 3.47. The van der Waals surface area contributed by atoms with Gasteiger partial charge in [-0.05, 0) is 66.2 Å². The molecule has 0 N–H and O–H groups in total. The van der Waals surface area contributed by atoms with E-state index in [-0.39, 0.29) is 23.8 Å². The molecule has 0 heterocycles. The molecule has 0 amide bonds. The van der Waals surface area contributed by atoms with Crippen LogP contribution in [0.2, 0.25) is 0 Å². The van der Waals surface area contributed by atoms with Crippen molar-refractivity contribution in [2.45, 2.75) is 85.2 Å². The number of hydrogen-bond donors (Lipinski definition) is 0. The van der Waals surface area contributed by atoms with Crippen LogP contribution in [0.15, 0.2) is 0 Å². The lowest BCUT2D eigenvalue weighted by molar-refractivity contribution is -0.156. The molecule has 25 heavy (non-hydrogen) atoms. The highest BCUT2D eigenvalue weighted by molar-refractivity contribution is 5.71. The van der Waals surface area contributed by atoms with Crippen LogP contribution in [0.4, 0.5) is 0 Å². The van der Waals surface area contributed by atoms with Gasteiger partial charge in [0, 0.05) is 19.3 Å². The fourth-order valence-corrected chi connectivity index (χ4v) is 2.50. The van der Waals surface area contributed by atoms with Crippen LogP contribution in [0, 0.1) is 5.92 Å². The maximum atomic E-state index is 12.1. The number of esters is 3. The van der Waals surface area contributed by atoms with Gasteiger partial charge >= 0.3 is 17.9 Å². The zero-order valence-electron chi connectivity index (χ0n) is 16.4. The minimum absolute atomic E-state index is 0.0821. The first kappa shape index (κ1) is 23.4. The monoisotopic (exact) mass is 358 g/mol. The number of rotatable bonds is 12. The summed E-state index contributed by atoms with van der Waals surface area (Å²) in [4.78, 5) is 34.9. The van der Waals surface area contributed by atoms with E-state index in [2.05, 4.69) is 0 Å². The van der Waals surface area contributed by atoms with E-state index >= 15 is 0 Å². The quantitative estimate of drug-likeness (QED) is 0.390. The normalized spacial score (nSPS) is 11.3.